The number of anilines is 3. The number of phenols is 1. The zero-order valence-corrected chi connectivity index (χ0v) is 31.6. The van der Waals surface area contributed by atoms with Crippen molar-refractivity contribution in [2.24, 2.45) is 5.92 Å². The number of nitrogens with zero attached hydrogens (tertiary/aromatic N) is 8. The molecule has 0 aliphatic carbocycles. The summed E-state index contributed by atoms with van der Waals surface area (Å²) in [6.45, 7) is 6.91. The van der Waals surface area contributed by atoms with E-state index in [0.717, 1.165) is 94.5 Å². The van der Waals surface area contributed by atoms with Crippen LogP contribution in [0.25, 0.3) is 11.3 Å². The molecule has 7 heterocycles. The van der Waals surface area contributed by atoms with Crippen LogP contribution in [0.3, 0.4) is 0 Å². The van der Waals surface area contributed by atoms with Gasteiger partial charge in [0.15, 0.2) is 5.82 Å². The Bertz CT molecular complexity index is 2120. The van der Waals surface area contributed by atoms with Crippen molar-refractivity contribution in [3.63, 3.8) is 0 Å². The van der Waals surface area contributed by atoms with E-state index in [2.05, 4.69) is 41.6 Å². The van der Waals surface area contributed by atoms with Crippen molar-refractivity contribution in [3.05, 3.63) is 83.2 Å². The number of imide groups is 1. The molecule has 0 spiro atoms. The number of hydrogen-bond acceptors (Lipinski definition) is 12. The van der Waals surface area contributed by atoms with Gasteiger partial charge in [0.2, 0.25) is 17.8 Å². The number of piperidine rings is 2. The van der Waals surface area contributed by atoms with Crippen LogP contribution in [0.2, 0.25) is 0 Å². The van der Waals surface area contributed by atoms with E-state index in [0.29, 0.717) is 35.7 Å². The van der Waals surface area contributed by atoms with Gasteiger partial charge >= 0.3 is 0 Å². The predicted octanol–water partition coefficient (Wildman–Crippen LogP) is 3.80. The summed E-state index contributed by atoms with van der Waals surface area (Å²) >= 11 is 0. The molecule has 3 N–H and O–H groups in total. The van der Waals surface area contributed by atoms with Gasteiger partial charge in [-0.2, -0.15) is 0 Å². The van der Waals surface area contributed by atoms with Gasteiger partial charge in [-0.05, 0) is 111 Å². The first kappa shape index (κ1) is 36.0. The first-order valence-corrected chi connectivity index (χ1v) is 20.1. The molecular weight excluding hydrogens is 709 g/mol. The molecule has 1 unspecified atom stereocenters. The van der Waals surface area contributed by atoms with Crippen LogP contribution in [-0.2, 0) is 29.0 Å². The van der Waals surface area contributed by atoms with Crippen molar-refractivity contribution in [2.75, 3.05) is 60.9 Å². The van der Waals surface area contributed by atoms with Crippen molar-refractivity contribution in [1.82, 2.24) is 35.3 Å². The molecule has 290 valence electrons. The summed E-state index contributed by atoms with van der Waals surface area (Å²) in [6, 6.07) is 15.0. The van der Waals surface area contributed by atoms with Gasteiger partial charge in [-0.3, -0.25) is 19.7 Å². The number of piperazine rings is 1. The number of fused-ring (bicyclic) bond motifs is 4. The molecule has 2 atom stereocenters. The highest BCUT2D eigenvalue weighted by Crippen LogP contribution is 2.36. The number of aryl methyl sites for hydroxylation is 2. The van der Waals surface area contributed by atoms with E-state index in [4.69, 9.17) is 9.97 Å². The van der Waals surface area contributed by atoms with Crippen LogP contribution in [0.4, 0.5) is 17.5 Å². The number of carbonyl (C=O) groups is 3. The molecule has 2 aromatic heterocycles. The molecule has 56 heavy (non-hydrogen) atoms. The van der Waals surface area contributed by atoms with E-state index >= 15 is 0 Å². The Labute approximate surface area is 326 Å². The van der Waals surface area contributed by atoms with Gasteiger partial charge in [0, 0.05) is 62.7 Å². The minimum Gasteiger partial charge on any atom is -0.507 e. The van der Waals surface area contributed by atoms with E-state index in [9.17, 15) is 19.5 Å². The van der Waals surface area contributed by atoms with Crippen molar-refractivity contribution in [1.29, 1.82) is 0 Å². The average molecular weight is 757 g/mol. The fraction of sp³-hybridized carbons (Fsp3) is 0.452. The van der Waals surface area contributed by atoms with Crippen molar-refractivity contribution < 1.29 is 19.5 Å². The van der Waals surface area contributed by atoms with Crippen LogP contribution in [0.15, 0.2) is 60.9 Å². The van der Waals surface area contributed by atoms with Gasteiger partial charge in [0.25, 0.3) is 5.91 Å². The minimum absolute atomic E-state index is 0.119. The average Bonchev–Trinajstić information content (AvgIpc) is 3.55. The molecule has 5 aliphatic heterocycles. The van der Waals surface area contributed by atoms with Gasteiger partial charge in [0.05, 0.1) is 17.4 Å². The molecule has 14 nitrogen and oxygen atoms in total. The van der Waals surface area contributed by atoms with E-state index < -0.39 is 6.04 Å². The lowest BCUT2D eigenvalue weighted by atomic mass is 9.91. The Morgan fingerprint density at radius 2 is 1.68 bits per heavy atom. The summed E-state index contributed by atoms with van der Waals surface area (Å²) in [6.07, 6.45) is 11.2. The number of rotatable bonds is 10. The van der Waals surface area contributed by atoms with E-state index in [1.165, 1.54) is 24.0 Å². The van der Waals surface area contributed by atoms with Crippen molar-refractivity contribution in [2.45, 2.75) is 70.0 Å². The number of benzene rings is 2. The van der Waals surface area contributed by atoms with Crippen molar-refractivity contribution >= 4 is 35.2 Å². The Morgan fingerprint density at radius 1 is 0.839 bits per heavy atom. The second-order valence-corrected chi connectivity index (χ2v) is 15.9. The van der Waals surface area contributed by atoms with Crippen molar-refractivity contribution in [3.8, 4) is 17.0 Å². The second kappa shape index (κ2) is 15.5. The monoisotopic (exact) mass is 756 g/mol. The summed E-state index contributed by atoms with van der Waals surface area (Å²) < 4.78 is 0. The molecule has 3 fully saturated rings. The molecule has 0 bridgehead atoms. The lowest BCUT2D eigenvalue weighted by Crippen LogP contribution is -2.58. The first-order valence-electron chi connectivity index (χ1n) is 20.1. The third-order valence-electron chi connectivity index (χ3n) is 12.3. The highest BCUT2D eigenvalue weighted by Gasteiger charge is 2.39. The number of carbonyl (C=O) groups excluding carboxylic acids is 3. The molecule has 14 heteroatoms. The Morgan fingerprint density at radius 3 is 2.50 bits per heavy atom. The number of nitrogens with one attached hydrogen (secondary N) is 2. The standard InChI is InChI=1S/C42H48N10O4/c53-37-6-2-1-5-33(37)34-21-36-39(48-47-34)43-24-31-26-50(18-19-51(31)36)42-44-22-29(23-45-42)8-7-27-13-16-49(17-14-27)15-3-4-28-9-10-32-30(20-28)25-52(41(32)56)35-11-12-38(54)46-40(35)55/h1-2,5-6,9-10,20-23,27,31,35,53H,3-4,7-8,11-19,24-26H2,(H,43,48)(H,46,54,55)/t31-,35?/m1/s1. The molecule has 5 aliphatic rings. The Kier molecular flexibility index (Phi) is 9.96. The quantitative estimate of drug-likeness (QED) is 0.201. The molecule has 0 radical (unpaired) electrons. The highest BCUT2D eigenvalue weighted by atomic mass is 16.3. The van der Waals surface area contributed by atoms with Gasteiger partial charge in [-0.15, -0.1) is 10.2 Å². The smallest absolute Gasteiger partial charge is 0.255 e. The zero-order valence-electron chi connectivity index (χ0n) is 31.6. The number of para-hydroxylation sites is 1. The summed E-state index contributed by atoms with van der Waals surface area (Å²) in [7, 11) is 0. The number of amides is 3. The van der Waals surface area contributed by atoms with Crippen LogP contribution >= 0.6 is 0 Å². The van der Waals surface area contributed by atoms with Gasteiger partial charge < -0.3 is 30.0 Å². The number of aromatic nitrogens is 4. The second-order valence-electron chi connectivity index (χ2n) is 15.9. The Hall–Kier alpha value is -5.63. The van der Waals surface area contributed by atoms with Gasteiger partial charge in [-0.1, -0.05) is 24.3 Å². The van der Waals surface area contributed by atoms with Gasteiger partial charge in [-0.25, -0.2) is 9.97 Å². The minimum atomic E-state index is -0.578. The summed E-state index contributed by atoms with van der Waals surface area (Å²) in [5, 5.41) is 25.0. The maximum Gasteiger partial charge on any atom is 0.255 e. The maximum absolute atomic E-state index is 13.0. The number of likely N-dealkylation sites (tertiary alicyclic amines) is 1. The van der Waals surface area contributed by atoms with E-state index in [-0.39, 0.29) is 35.9 Å². The zero-order chi connectivity index (χ0) is 38.2. The Balaban J connectivity index is 0.703. The van der Waals surface area contributed by atoms with Crippen LogP contribution in [-0.4, -0.2) is 111 Å². The summed E-state index contributed by atoms with van der Waals surface area (Å²) in [5.41, 5.74) is 6.39. The normalized spacial score (nSPS) is 21.4. The molecule has 3 saturated heterocycles. The fourth-order valence-corrected chi connectivity index (χ4v) is 9.09. The third-order valence-corrected chi connectivity index (χ3v) is 12.3. The highest BCUT2D eigenvalue weighted by molar-refractivity contribution is 6.05. The first-order chi connectivity index (χ1) is 27.4. The lowest BCUT2D eigenvalue weighted by molar-refractivity contribution is -0.136. The van der Waals surface area contributed by atoms with Crippen LogP contribution < -0.4 is 20.4 Å². The molecule has 2 aromatic carbocycles. The van der Waals surface area contributed by atoms with Crippen LogP contribution in [0.1, 0.15) is 65.6 Å². The molecular formula is C42H48N10O4. The molecule has 9 rings (SSSR count). The van der Waals surface area contributed by atoms with Crippen LogP contribution in [0, 0.1) is 5.92 Å². The molecule has 3 amide bonds. The van der Waals surface area contributed by atoms with Gasteiger partial charge in [0.1, 0.15) is 11.8 Å². The predicted molar refractivity (Wildman–Crippen MR) is 211 cm³/mol. The topological polar surface area (TPSA) is 160 Å². The number of phenolic OH excluding ortho intramolecular Hbond substituents is 1. The summed E-state index contributed by atoms with van der Waals surface area (Å²) in [4.78, 5) is 55.5. The molecule has 4 aromatic rings. The van der Waals surface area contributed by atoms with E-state index in [1.54, 1.807) is 17.0 Å². The lowest BCUT2D eigenvalue weighted by Gasteiger charge is -2.45. The number of aromatic hydroxyl groups is 1. The maximum atomic E-state index is 13.0. The SMILES string of the molecule is O=C1CCC(N2Cc3cc(CCCN4CCC(CCc5cnc(N6CCN7c8cc(-c9ccccc9O)nnc8NC[C@@H]7C6)nc5)CC4)ccc3C2=O)C(=O)N1. The van der Waals surface area contributed by atoms with Crippen LogP contribution in [0.5, 0.6) is 5.75 Å². The molecule has 0 saturated carbocycles. The number of hydrogen-bond donors (Lipinski definition) is 3. The summed E-state index contributed by atoms with van der Waals surface area (Å²) in [5.74, 6) is 1.69. The van der Waals surface area contributed by atoms with E-state index in [1.807, 2.05) is 42.7 Å². The fourth-order valence-electron chi connectivity index (χ4n) is 9.09. The largest absolute Gasteiger partial charge is 0.507 e. The third kappa shape index (κ3) is 7.37.